The van der Waals surface area contributed by atoms with Crippen LogP contribution in [0.25, 0.3) is 0 Å². The van der Waals surface area contributed by atoms with E-state index in [0.29, 0.717) is 42.5 Å². The highest BCUT2D eigenvalue weighted by Gasteiger charge is 2.52. The zero-order valence-electron chi connectivity index (χ0n) is 14.4. The van der Waals surface area contributed by atoms with Gasteiger partial charge in [0.2, 0.25) is 10.0 Å². The predicted molar refractivity (Wildman–Crippen MR) is 93.3 cm³/mol. The van der Waals surface area contributed by atoms with Gasteiger partial charge in [0, 0.05) is 18.0 Å². The van der Waals surface area contributed by atoms with E-state index in [1.165, 1.54) is 19.3 Å². The third-order valence-corrected chi connectivity index (χ3v) is 7.99. The van der Waals surface area contributed by atoms with Gasteiger partial charge in [-0.2, -0.15) is 0 Å². The highest BCUT2D eigenvalue weighted by atomic mass is 32.2. The van der Waals surface area contributed by atoms with E-state index in [2.05, 4.69) is 4.72 Å². The van der Waals surface area contributed by atoms with Gasteiger partial charge in [0.15, 0.2) is 11.5 Å². The number of ether oxygens (including phenoxy) is 2. The largest absolute Gasteiger partial charge is 0.490 e. The van der Waals surface area contributed by atoms with E-state index >= 15 is 0 Å². The topological polar surface area (TPSA) is 64.6 Å². The molecule has 4 fully saturated rings. The summed E-state index contributed by atoms with van der Waals surface area (Å²) in [5.41, 5.74) is -0.224. The molecular formula is C19H25NO4S. The molecule has 0 radical (unpaired) electrons. The van der Waals surface area contributed by atoms with Gasteiger partial charge in [0.25, 0.3) is 0 Å². The Labute approximate surface area is 149 Å². The molecule has 6 heteroatoms. The zero-order chi connectivity index (χ0) is 17.1. The molecule has 0 saturated heterocycles. The Morgan fingerprint density at radius 2 is 1.52 bits per heavy atom. The summed E-state index contributed by atoms with van der Waals surface area (Å²) in [4.78, 5) is 0.285. The lowest BCUT2D eigenvalue weighted by molar-refractivity contribution is -0.00810. The minimum Gasteiger partial charge on any atom is -0.490 e. The van der Waals surface area contributed by atoms with E-state index in [4.69, 9.17) is 9.47 Å². The van der Waals surface area contributed by atoms with E-state index in [0.717, 1.165) is 25.7 Å². The summed E-state index contributed by atoms with van der Waals surface area (Å²) in [6.45, 7) is 1.16. The van der Waals surface area contributed by atoms with Crippen LogP contribution in [0.1, 0.15) is 44.9 Å². The van der Waals surface area contributed by atoms with Crippen LogP contribution in [0.2, 0.25) is 0 Å². The summed E-state index contributed by atoms with van der Waals surface area (Å²) < 4.78 is 40.5. The number of sulfonamides is 1. The van der Waals surface area contributed by atoms with E-state index in [1.807, 2.05) is 0 Å². The van der Waals surface area contributed by atoms with Crippen molar-refractivity contribution in [3.8, 4) is 11.5 Å². The first-order chi connectivity index (χ1) is 12.0. The summed E-state index contributed by atoms with van der Waals surface area (Å²) in [5.74, 6) is 3.28. The van der Waals surface area contributed by atoms with Crippen LogP contribution >= 0.6 is 0 Å². The number of hydrogen-bond acceptors (Lipinski definition) is 4. The fourth-order valence-corrected chi connectivity index (χ4v) is 7.34. The van der Waals surface area contributed by atoms with E-state index in [9.17, 15) is 8.42 Å². The lowest BCUT2D eigenvalue weighted by Gasteiger charge is -2.56. The number of fused-ring (bicyclic) bond motifs is 1. The highest BCUT2D eigenvalue weighted by molar-refractivity contribution is 7.89. The Balaban J connectivity index is 1.43. The van der Waals surface area contributed by atoms with Crippen LogP contribution < -0.4 is 14.2 Å². The average molecular weight is 363 g/mol. The number of nitrogens with one attached hydrogen (secondary N) is 1. The van der Waals surface area contributed by atoms with Crippen molar-refractivity contribution in [2.24, 2.45) is 17.8 Å². The van der Waals surface area contributed by atoms with Crippen molar-refractivity contribution in [1.29, 1.82) is 0 Å². The summed E-state index contributed by atoms with van der Waals surface area (Å²) in [5, 5.41) is 0. The van der Waals surface area contributed by atoms with Gasteiger partial charge in [-0.1, -0.05) is 0 Å². The van der Waals surface area contributed by atoms with Crippen LogP contribution in [-0.4, -0.2) is 27.2 Å². The van der Waals surface area contributed by atoms with Crippen LogP contribution in [0.3, 0.4) is 0 Å². The van der Waals surface area contributed by atoms with Crippen LogP contribution in [0.4, 0.5) is 0 Å². The van der Waals surface area contributed by atoms with Gasteiger partial charge in [-0.15, -0.1) is 0 Å². The fraction of sp³-hybridized carbons (Fsp3) is 0.684. The molecule has 0 atom stereocenters. The normalized spacial score (nSPS) is 36.2. The minimum atomic E-state index is -3.55. The van der Waals surface area contributed by atoms with Gasteiger partial charge in [-0.25, -0.2) is 13.1 Å². The third kappa shape index (κ3) is 2.83. The second kappa shape index (κ2) is 5.61. The molecule has 0 unspecified atom stereocenters. The summed E-state index contributed by atoms with van der Waals surface area (Å²) >= 11 is 0. The Morgan fingerprint density at radius 1 is 0.920 bits per heavy atom. The maximum Gasteiger partial charge on any atom is 0.241 e. The first kappa shape index (κ1) is 15.9. The minimum absolute atomic E-state index is 0.224. The van der Waals surface area contributed by atoms with Gasteiger partial charge >= 0.3 is 0 Å². The summed E-state index contributed by atoms with van der Waals surface area (Å²) in [6, 6.07) is 4.97. The highest BCUT2D eigenvalue weighted by Crippen LogP contribution is 2.56. The Bertz CT molecular complexity index is 753. The van der Waals surface area contributed by atoms with Crippen molar-refractivity contribution >= 4 is 10.0 Å². The smallest absolute Gasteiger partial charge is 0.241 e. The van der Waals surface area contributed by atoms with Crippen LogP contribution in [0, 0.1) is 17.8 Å². The van der Waals surface area contributed by atoms with Crippen molar-refractivity contribution in [1.82, 2.24) is 4.72 Å². The average Bonchev–Trinajstić information content (AvgIpc) is 2.77. The standard InChI is InChI=1S/C19H25NO4S/c21-25(22,16-2-3-17-18(9-16)24-5-1-4-23-17)20-19-10-13-6-14(11-19)8-15(7-13)12-19/h2-3,9,13-15,20H,1,4-8,10-12H2. The Hall–Kier alpha value is -1.27. The second-order valence-electron chi connectivity index (χ2n) is 8.46. The van der Waals surface area contributed by atoms with Gasteiger partial charge in [0.05, 0.1) is 18.1 Å². The maximum atomic E-state index is 13.1. The monoisotopic (exact) mass is 363 g/mol. The fourth-order valence-electron chi connectivity index (χ4n) is 5.89. The molecule has 0 spiro atoms. The first-order valence-corrected chi connectivity index (χ1v) is 10.9. The van der Waals surface area contributed by atoms with Crippen molar-refractivity contribution in [3.63, 3.8) is 0 Å². The quantitative estimate of drug-likeness (QED) is 0.896. The first-order valence-electron chi connectivity index (χ1n) is 9.45. The molecule has 1 aromatic carbocycles. The third-order valence-electron chi connectivity index (χ3n) is 6.42. The van der Waals surface area contributed by atoms with E-state index < -0.39 is 10.0 Å². The summed E-state index contributed by atoms with van der Waals surface area (Å²) in [6.07, 6.45) is 7.71. The van der Waals surface area contributed by atoms with E-state index in [1.54, 1.807) is 18.2 Å². The molecule has 6 rings (SSSR count). The number of rotatable bonds is 3. The van der Waals surface area contributed by atoms with Crippen molar-refractivity contribution < 1.29 is 17.9 Å². The molecular weight excluding hydrogens is 338 g/mol. The molecule has 5 nitrogen and oxygen atoms in total. The van der Waals surface area contributed by atoms with E-state index in [-0.39, 0.29) is 10.4 Å². The lowest BCUT2D eigenvalue weighted by Crippen LogP contribution is -2.59. The molecule has 5 aliphatic rings. The predicted octanol–water partition coefficient (Wildman–Crippen LogP) is 3.10. The Kier molecular flexibility index (Phi) is 3.58. The molecule has 1 aromatic rings. The lowest BCUT2D eigenvalue weighted by atomic mass is 9.53. The molecule has 136 valence electrons. The maximum absolute atomic E-state index is 13.1. The van der Waals surface area contributed by atoms with Gasteiger partial charge in [-0.05, 0) is 68.4 Å². The van der Waals surface area contributed by atoms with Gasteiger partial charge in [0.1, 0.15) is 0 Å². The molecule has 0 amide bonds. The summed E-state index contributed by atoms with van der Waals surface area (Å²) in [7, 11) is -3.55. The molecule has 25 heavy (non-hydrogen) atoms. The second-order valence-corrected chi connectivity index (χ2v) is 10.1. The van der Waals surface area contributed by atoms with Crippen molar-refractivity contribution in [2.75, 3.05) is 13.2 Å². The number of hydrogen-bond donors (Lipinski definition) is 1. The SMILES string of the molecule is O=S(=O)(NC12CC3CC(CC(C3)C1)C2)c1ccc2c(c1)OCCCO2. The molecule has 4 bridgehead atoms. The molecule has 1 N–H and O–H groups in total. The zero-order valence-corrected chi connectivity index (χ0v) is 15.2. The molecule has 1 heterocycles. The van der Waals surface area contributed by atoms with Gasteiger partial charge < -0.3 is 9.47 Å². The van der Waals surface area contributed by atoms with Crippen LogP contribution in [-0.2, 0) is 10.0 Å². The molecule has 0 aromatic heterocycles. The van der Waals surface area contributed by atoms with Crippen LogP contribution in [0.15, 0.2) is 23.1 Å². The Morgan fingerprint density at radius 3 is 2.16 bits per heavy atom. The molecule has 1 aliphatic heterocycles. The number of benzene rings is 1. The van der Waals surface area contributed by atoms with Crippen LogP contribution in [0.5, 0.6) is 11.5 Å². The van der Waals surface area contributed by atoms with Gasteiger partial charge in [-0.3, -0.25) is 0 Å². The van der Waals surface area contributed by atoms with Crippen molar-refractivity contribution in [2.45, 2.75) is 55.4 Å². The van der Waals surface area contributed by atoms with Crippen molar-refractivity contribution in [3.05, 3.63) is 18.2 Å². The molecule has 4 saturated carbocycles. The molecule has 4 aliphatic carbocycles.